The van der Waals surface area contributed by atoms with Crippen LogP contribution in [0.15, 0.2) is 96.8 Å². The molecule has 1 aliphatic carbocycles. The fourth-order valence-electron chi connectivity index (χ4n) is 10.1. The summed E-state index contributed by atoms with van der Waals surface area (Å²) in [6.07, 6.45) is 4.21. The highest BCUT2D eigenvalue weighted by Gasteiger charge is 2.53. The van der Waals surface area contributed by atoms with E-state index in [1.165, 1.54) is 0 Å². The van der Waals surface area contributed by atoms with Crippen LogP contribution in [0.1, 0.15) is 112 Å². The molecule has 3 aliphatic rings. The number of methoxy groups -OCH3 is 4. The van der Waals surface area contributed by atoms with Crippen LogP contribution in [0.25, 0.3) is 38.2 Å². The van der Waals surface area contributed by atoms with E-state index < -0.39 is 33.6 Å². The van der Waals surface area contributed by atoms with Gasteiger partial charge >= 0.3 is 17.2 Å². The Balaban J connectivity index is 1.28. The third-order valence-corrected chi connectivity index (χ3v) is 16.0. The molecule has 2 heterocycles. The topological polar surface area (TPSA) is 113 Å². The Hall–Kier alpha value is -5.86. The SMILES string of the molecule is COC1=CC(C(C)(C)C)C2(C)OP(Oc3c(-c4cc(OC)cc(C(C)(C)C)c4OP4Oc5cccc6cc7cccc(O)c7c(c56)O4)cc(OC)cc3C(C)(C)C)Oc3c(cc(OC)cc3C(C)(C)C)C2=C1. The number of fused-ring (bicyclic) bond motifs is 5. The van der Waals surface area contributed by atoms with Crippen molar-refractivity contribution < 1.29 is 51.2 Å². The lowest BCUT2D eigenvalue weighted by molar-refractivity contribution is 0.0396. The number of phenolic OH excluding ortho intramolecular Hbond substituents is 1. The van der Waals surface area contributed by atoms with E-state index in [-0.39, 0.29) is 22.5 Å². The van der Waals surface area contributed by atoms with Crippen molar-refractivity contribution in [2.75, 3.05) is 28.4 Å². The van der Waals surface area contributed by atoms with Crippen molar-refractivity contribution in [1.82, 2.24) is 0 Å². The zero-order valence-electron chi connectivity index (χ0n) is 44.7. The highest BCUT2D eigenvalue weighted by molar-refractivity contribution is 7.43. The first-order chi connectivity index (χ1) is 33.8. The maximum atomic E-state index is 11.3. The normalized spacial score (nSPS) is 19.9. The smallest absolute Gasteiger partial charge is 0.507 e. The van der Waals surface area contributed by atoms with Gasteiger partial charge in [0.2, 0.25) is 0 Å². The molecule has 9 rings (SSSR count). The number of rotatable bonds is 9. The predicted molar refractivity (Wildman–Crippen MR) is 290 cm³/mol. The molecule has 4 unspecified atom stereocenters. The van der Waals surface area contributed by atoms with E-state index >= 15 is 0 Å². The zero-order valence-corrected chi connectivity index (χ0v) is 46.5. The molecule has 0 fully saturated rings. The number of benzene rings is 6. The zero-order chi connectivity index (χ0) is 52.0. The molecule has 2 aliphatic heterocycles. The average molecular weight is 1020 g/mol. The summed E-state index contributed by atoms with van der Waals surface area (Å²) in [7, 11) is 2.24. The Morgan fingerprint density at radius 2 is 1.04 bits per heavy atom. The quantitative estimate of drug-likeness (QED) is 0.110. The van der Waals surface area contributed by atoms with E-state index in [4.69, 9.17) is 46.1 Å². The highest BCUT2D eigenvalue weighted by atomic mass is 31.2. The molecule has 0 bridgehead atoms. The van der Waals surface area contributed by atoms with Crippen LogP contribution in [0, 0.1) is 11.3 Å². The molecule has 0 amide bonds. The summed E-state index contributed by atoms with van der Waals surface area (Å²) in [5, 5.41) is 14.4. The lowest BCUT2D eigenvalue weighted by Gasteiger charge is -2.45. The van der Waals surface area contributed by atoms with Gasteiger partial charge in [0.05, 0.1) is 39.2 Å². The molecule has 1 N–H and O–H groups in total. The summed E-state index contributed by atoms with van der Waals surface area (Å²) >= 11 is 0. The number of ether oxygens (including phenoxy) is 4. The number of hydrogen-bond donors (Lipinski definition) is 1. The Morgan fingerprint density at radius 1 is 0.542 bits per heavy atom. The fourth-order valence-corrected chi connectivity index (χ4v) is 12.6. The van der Waals surface area contributed by atoms with Crippen molar-refractivity contribution in [2.45, 2.75) is 112 Å². The molecule has 13 heteroatoms. The standard InChI is InChI=1S/C59H68O11P2/c1-55(2,3)43-29-35(61-14)25-39(51(43)66-71-65-47-23-19-21-34-24-33-20-18-22-46(60)49(33)54(69-71)50(34)47)40-26-36(62-15)30-44(56(4,5)6)52(40)67-72-68-53-41(27-37(63-16)31-45(53)57(7,8)9)42-28-38(64-17)32-48(58(10,11)12)59(42,13)70-72/h18-32,48,60H,1-17H3. The van der Waals surface area contributed by atoms with Crippen LogP contribution in [-0.4, -0.2) is 39.1 Å². The molecule has 72 heavy (non-hydrogen) atoms. The number of aromatic hydroxyl groups is 1. The molecule has 380 valence electrons. The molecule has 4 atom stereocenters. The fraction of sp³-hybridized carbons (Fsp3) is 0.390. The minimum atomic E-state index is -2.28. The van der Waals surface area contributed by atoms with Gasteiger partial charge in [-0.05, 0) is 112 Å². The summed E-state index contributed by atoms with van der Waals surface area (Å²) in [6, 6.07) is 25.3. The first kappa shape index (κ1) is 51.1. The van der Waals surface area contributed by atoms with Gasteiger partial charge in [-0.3, -0.25) is 4.52 Å². The molecular weight excluding hydrogens is 947 g/mol. The van der Waals surface area contributed by atoms with Gasteiger partial charge in [0, 0.05) is 39.3 Å². The van der Waals surface area contributed by atoms with Crippen LogP contribution in [0.5, 0.6) is 51.7 Å². The average Bonchev–Trinajstić information content (AvgIpc) is 3.42. The summed E-state index contributed by atoms with van der Waals surface area (Å²) < 4.78 is 67.4. The first-order valence-corrected chi connectivity index (χ1v) is 26.5. The molecule has 6 aromatic carbocycles. The van der Waals surface area contributed by atoms with Gasteiger partial charge in [-0.15, -0.1) is 0 Å². The van der Waals surface area contributed by atoms with E-state index in [1.54, 1.807) is 34.5 Å². The van der Waals surface area contributed by atoms with Crippen LogP contribution < -0.4 is 36.8 Å². The Kier molecular flexibility index (Phi) is 12.9. The second kappa shape index (κ2) is 18.3. The third kappa shape index (κ3) is 9.15. The van der Waals surface area contributed by atoms with Crippen molar-refractivity contribution in [3.63, 3.8) is 0 Å². The van der Waals surface area contributed by atoms with Crippen molar-refractivity contribution in [3.8, 4) is 62.9 Å². The van der Waals surface area contributed by atoms with Gasteiger partial charge in [-0.25, -0.2) is 0 Å². The van der Waals surface area contributed by atoms with Crippen LogP contribution in [0.3, 0.4) is 0 Å². The molecule has 11 nitrogen and oxygen atoms in total. The largest absolute Gasteiger partial charge is 0.530 e. The summed E-state index contributed by atoms with van der Waals surface area (Å²) in [5.41, 5.74) is 2.89. The molecule has 6 aromatic rings. The van der Waals surface area contributed by atoms with Gasteiger partial charge in [0.1, 0.15) is 57.4 Å². The third-order valence-electron chi connectivity index (χ3n) is 13.8. The van der Waals surface area contributed by atoms with Crippen molar-refractivity contribution in [3.05, 3.63) is 119 Å². The number of phenols is 1. The van der Waals surface area contributed by atoms with Crippen LogP contribution in [0.2, 0.25) is 0 Å². The maximum Gasteiger partial charge on any atom is 0.530 e. The summed E-state index contributed by atoms with van der Waals surface area (Å²) in [5.74, 6) is 5.24. The molecule has 0 radical (unpaired) electrons. The lowest BCUT2D eigenvalue weighted by Crippen LogP contribution is -2.45. The van der Waals surface area contributed by atoms with Gasteiger partial charge in [-0.2, -0.15) is 0 Å². The van der Waals surface area contributed by atoms with Gasteiger partial charge in [0.25, 0.3) is 0 Å². The summed E-state index contributed by atoms with van der Waals surface area (Å²) in [4.78, 5) is 0. The molecular formula is C59H68O11P2. The van der Waals surface area contributed by atoms with Gasteiger partial charge < -0.3 is 46.7 Å². The predicted octanol–water partition coefficient (Wildman–Crippen LogP) is 16.4. The van der Waals surface area contributed by atoms with E-state index in [1.807, 2.05) is 72.8 Å². The minimum Gasteiger partial charge on any atom is -0.507 e. The Bertz CT molecular complexity index is 3160. The van der Waals surface area contributed by atoms with E-state index in [0.29, 0.717) is 62.5 Å². The molecule has 0 aromatic heterocycles. The molecule has 0 saturated heterocycles. The van der Waals surface area contributed by atoms with Gasteiger partial charge in [0.15, 0.2) is 5.75 Å². The van der Waals surface area contributed by atoms with Crippen LogP contribution in [-0.2, 0) is 25.5 Å². The highest BCUT2D eigenvalue weighted by Crippen LogP contribution is 2.64. The minimum absolute atomic E-state index is 0.0967. The van der Waals surface area contributed by atoms with E-state index in [9.17, 15) is 5.11 Å². The monoisotopic (exact) mass is 1010 g/mol. The number of allylic oxidation sites excluding steroid dienone is 1. The van der Waals surface area contributed by atoms with Crippen LogP contribution in [0.4, 0.5) is 0 Å². The lowest BCUT2D eigenvalue weighted by atomic mass is 9.65. The van der Waals surface area contributed by atoms with Crippen molar-refractivity contribution >= 4 is 44.3 Å². The first-order valence-electron chi connectivity index (χ1n) is 24.3. The van der Waals surface area contributed by atoms with E-state index in [0.717, 1.165) is 49.7 Å². The second-order valence-corrected chi connectivity index (χ2v) is 25.1. The number of hydrogen-bond acceptors (Lipinski definition) is 11. The molecule has 0 saturated carbocycles. The van der Waals surface area contributed by atoms with E-state index in [2.05, 4.69) is 102 Å². The van der Waals surface area contributed by atoms with Crippen molar-refractivity contribution in [2.24, 2.45) is 11.3 Å². The second-order valence-electron chi connectivity index (χ2n) is 23.1. The summed E-state index contributed by atoms with van der Waals surface area (Å²) in [6.45, 7) is 28.1. The molecule has 0 spiro atoms. The maximum absolute atomic E-state index is 11.3. The van der Waals surface area contributed by atoms with Gasteiger partial charge in [-0.1, -0.05) is 107 Å². The van der Waals surface area contributed by atoms with Crippen LogP contribution >= 0.6 is 17.2 Å². The Labute approximate surface area is 427 Å². The van der Waals surface area contributed by atoms with Crippen molar-refractivity contribution in [1.29, 1.82) is 0 Å². The Morgan fingerprint density at radius 3 is 1.57 bits per heavy atom.